The fraction of sp³-hybridized carbons (Fsp3) is 0.389. The number of ketones is 4. The third-order valence-electron chi connectivity index (χ3n) is 26.6. The van der Waals surface area contributed by atoms with E-state index in [1.807, 2.05) is 0 Å². The molecule has 10 heterocycles. The molecule has 0 saturated heterocycles. The topological polar surface area (TPSA) is 446 Å². The average molecular weight is 1950 g/mol. The molecule has 10 aromatic rings. The number of halogens is 10. The number of carbonyl (C=O) groups excluding carboxylic acids is 14. The standard InChI is InChI=1S/C25H26F4N4O4.C24H24F4N4O4.C23H23FN6O3.C23H22FN5O3S/c1-12-6-7-14(9-15(12)20(26)27)31-21(35)17-13(2)18(33-8-4-5-16(17)33)19(34)22(36)32-24(23(37)30-3)10-25(28,29)11-24;1-11-14(25)7-13(8-15(11)26)30-20(34)17-12(2)18(32-6-4-5-16(17)32)19(33)21(35)31-23(22(36)29-3)9-24(27,28)10-23;1-12-5-6-14(10-15(12)24)26-21(32)18-13(2)19(30-9-3-4-16(18)30)20(31)22(33)27-23(7-8-23)17-11-25-29-28-17;1-12-5-6-14(10-15(12)24)26-20(31)17-13(2)18(29-9-3-4-16(17)29)19(30)21(32)27-23(7-8-23)22-28-25-11-33-22/h6-7,9,20H,4-5,8,10-11H2,1-3H3,(H,30,37)(H,31,35)(H,32,36);7-8H,4-6,9-10H2,1-3H3,(H,29,36)(H,30,34)(H,31,35);5-6,10-11H,3-4,7-9H2,1-2H3,(H,26,32)(H,27,33)(H,25,28,29);5-6,10-11H,3-4,7-9H2,1-2H3,(H,26,31)(H,27,32). The summed E-state index contributed by atoms with van der Waals surface area (Å²) in [6, 6.07) is 15.0. The molecule has 10 amide bonds. The lowest BCUT2D eigenvalue weighted by molar-refractivity contribution is -0.164. The Morgan fingerprint density at radius 1 is 0.410 bits per heavy atom. The molecule has 4 aliphatic carbocycles. The first-order chi connectivity index (χ1) is 65.7. The summed E-state index contributed by atoms with van der Waals surface area (Å²) in [5.74, 6) is -20.2. The summed E-state index contributed by atoms with van der Waals surface area (Å²) in [5, 5.41) is 43.8. The first kappa shape index (κ1) is 98.9. The third kappa shape index (κ3) is 19.1. The Labute approximate surface area is 789 Å². The molecule has 44 heteroatoms. The molecule has 4 saturated carbocycles. The number of hydrogen-bond donors (Lipinski definition) is 11. The summed E-state index contributed by atoms with van der Waals surface area (Å²) in [4.78, 5) is 181. The minimum absolute atomic E-state index is 0.0783. The Balaban J connectivity index is 0.000000140. The number of benzene rings is 4. The Bertz CT molecular complexity index is 6590. The van der Waals surface area contributed by atoms with Gasteiger partial charge in [-0.05, 0) is 220 Å². The fourth-order valence-electron chi connectivity index (χ4n) is 19.2. The van der Waals surface area contributed by atoms with Crippen LogP contribution in [0.25, 0.3) is 0 Å². The fourth-order valence-corrected chi connectivity index (χ4v) is 20.0. The third-order valence-corrected chi connectivity index (χ3v) is 27.4. The van der Waals surface area contributed by atoms with E-state index in [0.717, 1.165) is 30.7 Å². The van der Waals surface area contributed by atoms with Crippen LogP contribution in [0, 0.1) is 78.7 Å². The summed E-state index contributed by atoms with van der Waals surface area (Å²) in [6.45, 7) is 14.1. The molecule has 18 rings (SSSR count). The van der Waals surface area contributed by atoms with E-state index in [-0.39, 0.29) is 67.5 Å². The van der Waals surface area contributed by atoms with E-state index < -0.39 is 172 Å². The van der Waals surface area contributed by atoms with Gasteiger partial charge in [0.25, 0.3) is 88.7 Å². The van der Waals surface area contributed by atoms with E-state index in [1.165, 1.54) is 98.8 Å². The molecule has 8 aliphatic rings. The minimum Gasteiger partial charge on any atom is -0.357 e. The second-order valence-corrected chi connectivity index (χ2v) is 36.9. The average Bonchev–Trinajstić information content (AvgIpc) is 1.69. The summed E-state index contributed by atoms with van der Waals surface area (Å²) in [7, 11) is 2.47. The number of anilines is 4. The van der Waals surface area contributed by atoms with Crippen LogP contribution in [0.3, 0.4) is 0 Å². The molecule has 0 atom stereocenters. The number of likely N-dealkylation sites (N-methyl/N-ethyl adjacent to an activating group) is 2. The molecule has 4 fully saturated rings. The Morgan fingerprint density at radius 2 is 0.734 bits per heavy atom. The zero-order valence-electron chi connectivity index (χ0n) is 76.7. The SMILES string of the molecule is CNC(=O)C1(NC(=O)C(=O)c2c(C)c(C(=O)Nc3cc(F)c(C)c(F)c3)c3n2CCC3)CC(F)(F)C1.CNC(=O)C1(NC(=O)C(=O)c2c(C)c(C(=O)Nc3ccc(C)c(C(F)F)c3)c3n2CCC3)CC(F)(F)C1.Cc1ccc(NC(=O)c2c(C)c(C(=O)C(=O)NC3(c4cn[nH]n4)CC3)n3c2CCC3)cc1F.Cc1ccc(NC(=O)c2c(C)c(C(=O)C(=O)NC3(c4nncs4)CC3)n3c2CCC3)cc1F. The number of nitrogens with zero attached hydrogens (tertiary/aromatic N) is 8. The van der Waals surface area contributed by atoms with Crippen LogP contribution in [0.5, 0.6) is 0 Å². The molecule has 11 N–H and O–H groups in total. The van der Waals surface area contributed by atoms with Gasteiger partial charge in [-0.2, -0.15) is 15.4 Å². The van der Waals surface area contributed by atoms with Crippen molar-refractivity contribution in [1.82, 2.24) is 75.8 Å². The van der Waals surface area contributed by atoms with Gasteiger partial charge >= 0.3 is 0 Å². The molecule has 4 aliphatic heterocycles. The zero-order valence-corrected chi connectivity index (χ0v) is 77.5. The maximum Gasteiger partial charge on any atom is 0.294 e. The number of aryl methyl sites for hydroxylation is 3. The highest BCUT2D eigenvalue weighted by Crippen LogP contribution is 2.50. The summed E-state index contributed by atoms with van der Waals surface area (Å²) in [6.07, 6.45) is 2.56. The van der Waals surface area contributed by atoms with E-state index in [2.05, 4.69) is 78.8 Å². The maximum absolute atomic E-state index is 13.9. The van der Waals surface area contributed by atoms with Crippen LogP contribution < -0.4 is 53.2 Å². The van der Waals surface area contributed by atoms with Crippen LogP contribution in [0.4, 0.5) is 66.7 Å². The van der Waals surface area contributed by atoms with Gasteiger partial charge < -0.3 is 71.4 Å². The lowest BCUT2D eigenvalue weighted by Crippen LogP contribution is -2.69. The molecule has 0 radical (unpaired) electrons. The van der Waals surface area contributed by atoms with Gasteiger partial charge in [0.1, 0.15) is 50.6 Å². The molecule has 730 valence electrons. The zero-order chi connectivity index (χ0) is 101. The van der Waals surface area contributed by atoms with Gasteiger partial charge in [-0.1, -0.05) is 18.2 Å². The van der Waals surface area contributed by atoms with Crippen molar-refractivity contribution in [3.8, 4) is 0 Å². The van der Waals surface area contributed by atoms with E-state index in [1.54, 1.807) is 66.6 Å². The second kappa shape index (κ2) is 38.0. The van der Waals surface area contributed by atoms with E-state index in [9.17, 15) is 111 Å². The Kier molecular flexibility index (Phi) is 27.1. The van der Waals surface area contributed by atoms with Crippen LogP contribution in [-0.2, 0) is 91.7 Å². The number of nitrogens with one attached hydrogen (secondary N) is 11. The largest absolute Gasteiger partial charge is 0.357 e. The number of hydrogen-bond acceptors (Lipinski definition) is 19. The number of aromatic nitrogens is 9. The molecular weight excluding hydrogens is 1850 g/mol. The van der Waals surface area contributed by atoms with Crippen molar-refractivity contribution in [1.29, 1.82) is 0 Å². The Hall–Kier alpha value is -14.6. The molecule has 33 nitrogen and oxygen atoms in total. The number of Topliss-reactive ketones (excluding diaryl/α,β-unsaturated/α-hetero) is 4. The van der Waals surface area contributed by atoms with E-state index in [4.69, 9.17) is 0 Å². The lowest BCUT2D eigenvalue weighted by Gasteiger charge is -2.45. The molecule has 139 heavy (non-hydrogen) atoms. The smallest absolute Gasteiger partial charge is 0.294 e. The number of H-pyrrole nitrogens is 1. The number of carbonyl (C=O) groups is 14. The van der Waals surface area contributed by atoms with Crippen LogP contribution >= 0.6 is 11.3 Å². The van der Waals surface area contributed by atoms with Gasteiger partial charge in [0, 0.05) is 123 Å². The minimum atomic E-state index is -3.16. The normalized spacial score (nSPS) is 16.4. The lowest BCUT2D eigenvalue weighted by atomic mass is 9.72. The number of amides is 10. The van der Waals surface area contributed by atoms with Gasteiger partial charge in [0.15, 0.2) is 0 Å². The van der Waals surface area contributed by atoms with Gasteiger partial charge in [0.2, 0.25) is 11.8 Å². The predicted molar refractivity (Wildman–Crippen MR) is 481 cm³/mol. The van der Waals surface area contributed by atoms with Crippen LogP contribution in [0.15, 0.2) is 78.4 Å². The van der Waals surface area contributed by atoms with Gasteiger partial charge in [0.05, 0.1) is 62.3 Å². The number of alkyl halides is 6. The van der Waals surface area contributed by atoms with Crippen LogP contribution in [0.2, 0.25) is 0 Å². The Morgan fingerprint density at radius 3 is 1.04 bits per heavy atom. The quantitative estimate of drug-likeness (QED) is 0.0144. The summed E-state index contributed by atoms with van der Waals surface area (Å²) >= 11 is 1.34. The predicted octanol–water partition coefficient (Wildman–Crippen LogP) is 12.1. The highest BCUT2D eigenvalue weighted by Gasteiger charge is 2.64. The molecule has 0 unspecified atom stereocenters. The van der Waals surface area contributed by atoms with Gasteiger partial charge in [-0.15, -0.1) is 21.5 Å². The highest BCUT2D eigenvalue weighted by atomic mass is 32.1. The van der Waals surface area contributed by atoms with E-state index in [0.29, 0.717) is 168 Å². The summed E-state index contributed by atoms with van der Waals surface area (Å²) < 4.78 is 143. The van der Waals surface area contributed by atoms with Crippen molar-refractivity contribution in [3.63, 3.8) is 0 Å². The molecular formula is C95H95F10N19O14S. The number of fused-ring (bicyclic) bond motifs is 4. The number of aromatic amines is 1. The highest BCUT2D eigenvalue weighted by molar-refractivity contribution is 7.09. The van der Waals surface area contributed by atoms with E-state index >= 15 is 0 Å². The van der Waals surface area contributed by atoms with Gasteiger partial charge in [-0.3, -0.25) is 67.1 Å². The molecule has 0 spiro atoms. The van der Waals surface area contributed by atoms with Crippen molar-refractivity contribution in [2.45, 2.75) is 225 Å². The first-order valence-electron chi connectivity index (χ1n) is 44.5. The molecule has 0 bridgehead atoms. The van der Waals surface area contributed by atoms with Crippen molar-refractivity contribution < 1.29 is 111 Å². The second-order valence-electron chi connectivity index (χ2n) is 36.0. The van der Waals surface area contributed by atoms with Crippen LogP contribution in [0.1, 0.15) is 250 Å². The molecule has 4 aromatic carbocycles. The molecule has 6 aromatic heterocycles. The van der Waals surface area contributed by atoms with Crippen LogP contribution in [-0.4, -0.2) is 163 Å². The summed E-state index contributed by atoms with van der Waals surface area (Å²) in [5.41, 5.74) is 3.51. The number of rotatable bonds is 25. The first-order valence-corrected chi connectivity index (χ1v) is 45.4. The van der Waals surface area contributed by atoms with Crippen molar-refractivity contribution in [2.24, 2.45) is 0 Å². The van der Waals surface area contributed by atoms with Crippen molar-refractivity contribution >= 4 is 116 Å². The van der Waals surface area contributed by atoms with Crippen molar-refractivity contribution in [2.75, 3.05) is 35.4 Å². The maximum atomic E-state index is 13.9. The van der Waals surface area contributed by atoms with Crippen molar-refractivity contribution in [3.05, 3.63) is 230 Å². The van der Waals surface area contributed by atoms with Gasteiger partial charge in [-0.25, -0.2) is 43.9 Å². The monoisotopic (exact) mass is 1950 g/mol.